The standard InChI is InChI=1S/C11H12N2O2/c1-2-3-10(14)12-7-6-9-4-5-11(15)13-8-9/h4-5,8H,6-7H2,1H3,(H,12,14)(H,13,15). The Balaban J connectivity index is 2.37. The summed E-state index contributed by atoms with van der Waals surface area (Å²) in [6.45, 7) is 2.13. The Morgan fingerprint density at radius 3 is 2.93 bits per heavy atom. The number of hydrogen-bond donors (Lipinski definition) is 2. The van der Waals surface area contributed by atoms with Crippen molar-refractivity contribution in [3.8, 4) is 11.8 Å². The van der Waals surface area contributed by atoms with E-state index in [0.717, 1.165) is 5.56 Å². The van der Waals surface area contributed by atoms with Crippen LogP contribution in [0.15, 0.2) is 23.1 Å². The number of amides is 1. The van der Waals surface area contributed by atoms with Crippen LogP contribution in [-0.2, 0) is 11.2 Å². The van der Waals surface area contributed by atoms with Crippen molar-refractivity contribution in [3.05, 3.63) is 34.2 Å². The van der Waals surface area contributed by atoms with Gasteiger partial charge in [0.1, 0.15) is 0 Å². The molecule has 1 amide bonds. The first-order chi connectivity index (χ1) is 7.22. The van der Waals surface area contributed by atoms with E-state index in [1.54, 1.807) is 19.2 Å². The van der Waals surface area contributed by atoms with E-state index < -0.39 is 0 Å². The fraction of sp³-hybridized carbons (Fsp3) is 0.273. The molecule has 1 heterocycles. The Bertz CT molecular complexity index is 431. The molecule has 1 rings (SSSR count). The number of pyridine rings is 1. The Morgan fingerprint density at radius 2 is 2.33 bits per heavy atom. The Hall–Kier alpha value is -2.02. The summed E-state index contributed by atoms with van der Waals surface area (Å²) in [6, 6.07) is 3.19. The van der Waals surface area contributed by atoms with Gasteiger partial charge in [0, 0.05) is 18.8 Å². The largest absolute Gasteiger partial charge is 0.345 e. The second kappa shape index (κ2) is 5.66. The normalized spacial score (nSPS) is 8.87. The quantitative estimate of drug-likeness (QED) is 0.684. The van der Waals surface area contributed by atoms with Crippen molar-refractivity contribution >= 4 is 5.91 Å². The third-order valence-corrected chi connectivity index (χ3v) is 1.79. The first-order valence-electron chi connectivity index (χ1n) is 4.60. The highest BCUT2D eigenvalue weighted by Crippen LogP contribution is 1.92. The van der Waals surface area contributed by atoms with Gasteiger partial charge in [-0.15, -0.1) is 0 Å². The molecular formula is C11H12N2O2. The van der Waals surface area contributed by atoms with Gasteiger partial charge in [0.15, 0.2) is 0 Å². The summed E-state index contributed by atoms with van der Waals surface area (Å²) in [4.78, 5) is 24.3. The molecule has 1 aromatic rings. The van der Waals surface area contributed by atoms with Crippen molar-refractivity contribution < 1.29 is 4.79 Å². The Kier molecular flexibility index (Phi) is 4.17. The van der Waals surface area contributed by atoms with Gasteiger partial charge in [-0.1, -0.05) is 12.0 Å². The van der Waals surface area contributed by atoms with E-state index in [1.807, 2.05) is 0 Å². The van der Waals surface area contributed by atoms with Crippen LogP contribution in [0.5, 0.6) is 0 Å². The van der Waals surface area contributed by atoms with Gasteiger partial charge in [-0.3, -0.25) is 9.59 Å². The molecule has 15 heavy (non-hydrogen) atoms. The van der Waals surface area contributed by atoms with Crippen LogP contribution < -0.4 is 10.9 Å². The average Bonchev–Trinajstić information content (AvgIpc) is 2.21. The van der Waals surface area contributed by atoms with Gasteiger partial charge in [-0.2, -0.15) is 0 Å². The molecule has 0 aliphatic heterocycles. The zero-order chi connectivity index (χ0) is 11.1. The second-order valence-corrected chi connectivity index (χ2v) is 2.94. The van der Waals surface area contributed by atoms with Crippen molar-refractivity contribution in [3.63, 3.8) is 0 Å². The van der Waals surface area contributed by atoms with Crippen LogP contribution in [0.3, 0.4) is 0 Å². The van der Waals surface area contributed by atoms with Gasteiger partial charge in [-0.25, -0.2) is 0 Å². The lowest BCUT2D eigenvalue weighted by molar-refractivity contribution is -0.115. The third kappa shape index (κ3) is 4.14. The molecule has 4 nitrogen and oxygen atoms in total. The van der Waals surface area contributed by atoms with E-state index in [0.29, 0.717) is 13.0 Å². The van der Waals surface area contributed by atoms with Crippen LogP contribution in [0.2, 0.25) is 0 Å². The summed E-state index contributed by atoms with van der Waals surface area (Å²) in [5, 5.41) is 2.64. The number of aromatic nitrogens is 1. The lowest BCUT2D eigenvalue weighted by Crippen LogP contribution is -2.24. The van der Waals surface area contributed by atoms with Crippen LogP contribution in [0.4, 0.5) is 0 Å². The average molecular weight is 204 g/mol. The van der Waals surface area contributed by atoms with Gasteiger partial charge >= 0.3 is 0 Å². The summed E-state index contributed by atoms with van der Waals surface area (Å²) in [5.74, 6) is 4.62. The zero-order valence-corrected chi connectivity index (χ0v) is 8.46. The van der Waals surface area contributed by atoms with E-state index in [2.05, 4.69) is 22.1 Å². The Labute approximate surface area is 87.7 Å². The molecule has 0 spiro atoms. The topological polar surface area (TPSA) is 62.0 Å². The molecule has 0 fully saturated rings. The van der Waals surface area contributed by atoms with E-state index in [-0.39, 0.29) is 11.5 Å². The molecule has 0 aliphatic carbocycles. The molecule has 0 unspecified atom stereocenters. The maximum atomic E-state index is 10.9. The van der Waals surface area contributed by atoms with E-state index in [9.17, 15) is 9.59 Å². The molecule has 1 aromatic heterocycles. The summed E-state index contributed by atoms with van der Waals surface area (Å²) in [6.07, 6.45) is 2.31. The molecule has 78 valence electrons. The second-order valence-electron chi connectivity index (χ2n) is 2.94. The van der Waals surface area contributed by atoms with Crippen LogP contribution >= 0.6 is 0 Å². The third-order valence-electron chi connectivity index (χ3n) is 1.79. The maximum Gasteiger partial charge on any atom is 0.295 e. The van der Waals surface area contributed by atoms with Gasteiger partial charge in [0.25, 0.3) is 5.91 Å². The molecule has 0 radical (unpaired) electrons. The summed E-state index contributed by atoms with van der Waals surface area (Å²) in [5.41, 5.74) is 0.846. The summed E-state index contributed by atoms with van der Waals surface area (Å²) >= 11 is 0. The minimum atomic E-state index is -0.276. The molecule has 0 saturated carbocycles. The number of carbonyl (C=O) groups excluding carboxylic acids is 1. The zero-order valence-electron chi connectivity index (χ0n) is 8.46. The maximum absolute atomic E-state index is 10.9. The van der Waals surface area contributed by atoms with Gasteiger partial charge in [-0.05, 0) is 24.8 Å². The highest BCUT2D eigenvalue weighted by atomic mass is 16.1. The summed E-state index contributed by atoms with van der Waals surface area (Å²) in [7, 11) is 0. The van der Waals surface area contributed by atoms with Gasteiger partial charge in [0.2, 0.25) is 5.56 Å². The SMILES string of the molecule is CC#CC(=O)NCCc1ccc(=O)[nH]c1. The lowest BCUT2D eigenvalue weighted by Gasteiger charge is -2.00. The molecule has 2 N–H and O–H groups in total. The molecule has 0 atom stereocenters. The molecule has 0 saturated heterocycles. The lowest BCUT2D eigenvalue weighted by atomic mass is 10.2. The van der Waals surface area contributed by atoms with Crippen LogP contribution in [0, 0.1) is 11.8 Å². The monoisotopic (exact) mass is 204 g/mol. The van der Waals surface area contributed by atoms with E-state index >= 15 is 0 Å². The van der Waals surface area contributed by atoms with Gasteiger partial charge < -0.3 is 10.3 Å². The number of H-pyrrole nitrogens is 1. The van der Waals surface area contributed by atoms with E-state index in [1.165, 1.54) is 6.07 Å². The first kappa shape index (κ1) is 11.1. The summed E-state index contributed by atoms with van der Waals surface area (Å²) < 4.78 is 0. The predicted octanol–water partition coefficient (Wildman–Crippen LogP) is 0.0569. The number of hydrogen-bond acceptors (Lipinski definition) is 2. The van der Waals surface area contributed by atoms with Crippen LogP contribution in [-0.4, -0.2) is 17.4 Å². The first-order valence-corrected chi connectivity index (χ1v) is 4.60. The van der Waals surface area contributed by atoms with Crippen LogP contribution in [0.25, 0.3) is 0 Å². The van der Waals surface area contributed by atoms with Crippen molar-refractivity contribution in [2.24, 2.45) is 0 Å². The smallest absolute Gasteiger partial charge is 0.295 e. The number of carbonyl (C=O) groups is 1. The number of nitrogens with one attached hydrogen (secondary N) is 2. The molecule has 4 heteroatoms. The number of rotatable bonds is 3. The van der Waals surface area contributed by atoms with Crippen molar-refractivity contribution in [2.75, 3.05) is 6.54 Å². The fourth-order valence-electron chi connectivity index (χ4n) is 1.08. The van der Waals surface area contributed by atoms with Crippen molar-refractivity contribution in [2.45, 2.75) is 13.3 Å². The molecule has 0 aromatic carbocycles. The number of aromatic amines is 1. The fourth-order valence-corrected chi connectivity index (χ4v) is 1.08. The molecule has 0 bridgehead atoms. The van der Waals surface area contributed by atoms with Crippen molar-refractivity contribution in [1.29, 1.82) is 0 Å². The highest BCUT2D eigenvalue weighted by molar-refractivity contribution is 5.93. The molecule has 0 aliphatic rings. The minimum Gasteiger partial charge on any atom is -0.345 e. The van der Waals surface area contributed by atoms with E-state index in [4.69, 9.17) is 0 Å². The van der Waals surface area contributed by atoms with Crippen molar-refractivity contribution in [1.82, 2.24) is 10.3 Å². The van der Waals surface area contributed by atoms with Gasteiger partial charge in [0.05, 0.1) is 0 Å². The Morgan fingerprint density at radius 1 is 1.53 bits per heavy atom. The highest BCUT2D eigenvalue weighted by Gasteiger charge is 1.95. The minimum absolute atomic E-state index is 0.125. The predicted molar refractivity (Wildman–Crippen MR) is 57.2 cm³/mol. The molecular weight excluding hydrogens is 192 g/mol. The van der Waals surface area contributed by atoms with Crippen LogP contribution in [0.1, 0.15) is 12.5 Å².